The van der Waals surface area contributed by atoms with Crippen LogP contribution in [0.4, 0.5) is 13.2 Å². The lowest BCUT2D eigenvalue weighted by atomic mass is 10.1. The van der Waals surface area contributed by atoms with Crippen LogP contribution in [0, 0.1) is 0 Å². The minimum Gasteiger partial charge on any atom is -0.343 e. The summed E-state index contributed by atoms with van der Waals surface area (Å²) in [6.07, 6.45) is -0.0623. The molecule has 0 spiro atoms. The number of benzene rings is 1. The average Bonchev–Trinajstić information content (AvgIpc) is 2.63. The summed E-state index contributed by atoms with van der Waals surface area (Å²) in [5, 5.41) is 2.04. The highest BCUT2D eigenvalue weighted by atomic mass is 35.5. The van der Waals surface area contributed by atoms with E-state index in [-0.39, 0.29) is 12.5 Å². The van der Waals surface area contributed by atoms with E-state index in [1.807, 2.05) is 6.26 Å². The number of nitrogens with one attached hydrogen (secondary N) is 1. The molecule has 2 rings (SSSR count). The van der Waals surface area contributed by atoms with Crippen molar-refractivity contribution in [3.05, 3.63) is 40.4 Å². The van der Waals surface area contributed by atoms with Crippen LogP contribution < -0.4 is 5.32 Å². The Bertz CT molecular complexity index is 720. The van der Waals surface area contributed by atoms with Crippen molar-refractivity contribution in [1.82, 2.24) is 14.5 Å². The molecule has 0 bridgehead atoms. The standard InChI is InChI=1S/C17H19ClF3N3O2S/c1-27-24-8-6-23(7-9-24)16(26)11-22-15(25)5-3-12-2-4-13(14(18)10-12)17(19,20)21/h2-5,10H,6-9,11H2,1H3,(H,22,25)/b5-3+. The molecular weight excluding hydrogens is 403 g/mol. The highest BCUT2D eigenvalue weighted by Gasteiger charge is 2.32. The second-order valence-electron chi connectivity index (χ2n) is 5.78. The van der Waals surface area contributed by atoms with Crippen LogP contribution >= 0.6 is 23.5 Å². The number of hydrogen-bond acceptors (Lipinski definition) is 4. The molecule has 148 valence electrons. The number of carbonyl (C=O) groups is 2. The third-order valence-corrected chi connectivity index (χ3v) is 5.18. The fourth-order valence-corrected chi connectivity index (χ4v) is 3.31. The quantitative estimate of drug-likeness (QED) is 0.586. The summed E-state index contributed by atoms with van der Waals surface area (Å²) in [5.74, 6) is -0.683. The monoisotopic (exact) mass is 421 g/mol. The van der Waals surface area contributed by atoms with Crippen LogP contribution in [0.25, 0.3) is 6.08 Å². The number of nitrogens with zero attached hydrogens (tertiary/aromatic N) is 2. The van der Waals surface area contributed by atoms with E-state index >= 15 is 0 Å². The minimum atomic E-state index is -4.53. The molecule has 1 saturated heterocycles. The zero-order valence-electron chi connectivity index (χ0n) is 14.6. The molecule has 0 aromatic heterocycles. The highest BCUT2D eigenvalue weighted by molar-refractivity contribution is 7.96. The summed E-state index contributed by atoms with van der Waals surface area (Å²) >= 11 is 7.26. The minimum absolute atomic E-state index is 0.129. The predicted molar refractivity (Wildman–Crippen MR) is 100 cm³/mol. The topological polar surface area (TPSA) is 52.6 Å². The van der Waals surface area contributed by atoms with Gasteiger partial charge in [0.25, 0.3) is 0 Å². The van der Waals surface area contributed by atoms with Gasteiger partial charge in [-0.3, -0.25) is 9.59 Å². The highest BCUT2D eigenvalue weighted by Crippen LogP contribution is 2.35. The summed E-state index contributed by atoms with van der Waals surface area (Å²) in [6.45, 7) is 2.63. The molecule has 1 aliphatic rings. The Balaban J connectivity index is 1.83. The Hall–Kier alpha value is -1.71. The van der Waals surface area contributed by atoms with Gasteiger partial charge in [-0.2, -0.15) is 13.2 Å². The lowest BCUT2D eigenvalue weighted by Crippen LogP contribution is -2.49. The molecule has 0 saturated carbocycles. The van der Waals surface area contributed by atoms with E-state index in [9.17, 15) is 22.8 Å². The van der Waals surface area contributed by atoms with E-state index in [0.29, 0.717) is 18.7 Å². The molecule has 1 aliphatic heterocycles. The first kappa shape index (κ1) is 21.6. The number of carbonyl (C=O) groups excluding carboxylic acids is 2. The van der Waals surface area contributed by atoms with Gasteiger partial charge in [-0.1, -0.05) is 29.6 Å². The number of amides is 2. The Labute approximate surface area is 164 Å². The Morgan fingerprint density at radius 1 is 1.26 bits per heavy atom. The van der Waals surface area contributed by atoms with Gasteiger partial charge in [0.1, 0.15) is 0 Å². The summed E-state index contributed by atoms with van der Waals surface area (Å²) in [5.41, 5.74) is -0.583. The van der Waals surface area contributed by atoms with Crippen molar-refractivity contribution in [3.8, 4) is 0 Å². The van der Waals surface area contributed by atoms with Gasteiger partial charge in [-0.05, 0) is 30.0 Å². The fraction of sp³-hybridized carbons (Fsp3) is 0.412. The van der Waals surface area contributed by atoms with Crippen molar-refractivity contribution in [2.45, 2.75) is 6.18 Å². The summed E-state index contributed by atoms with van der Waals surface area (Å²) in [7, 11) is 0. The summed E-state index contributed by atoms with van der Waals surface area (Å²) < 4.78 is 40.1. The largest absolute Gasteiger partial charge is 0.417 e. The molecule has 1 heterocycles. The smallest absolute Gasteiger partial charge is 0.343 e. The number of piperazine rings is 1. The Morgan fingerprint density at radius 3 is 2.48 bits per heavy atom. The molecular formula is C17H19ClF3N3O2S. The van der Waals surface area contributed by atoms with Crippen molar-refractivity contribution in [3.63, 3.8) is 0 Å². The Kier molecular flexibility index (Phi) is 7.58. The van der Waals surface area contributed by atoms with Crippen molar-refractivity contribution in [2.75, 3.05) is 39.0 Å². The molecule has 0 radical (unpaired) electrons. The van der Waals surface area contributed by atoms with E-state index < -0.39 is 22.7 Å². The van der Waals surface area contributed by atoms with Gasteiger partial charge >= 0.3 is 6.18 Å². The number of rotatable bonds is 5. The maximum atomic E-state index is 12.7. The van der Waals surface area contributed by atoms with Crippen LogP contribution in [-0.2, 0) is 15.8 Å². The molecule has 1 N–H and O–H groups in total. The third-order valence-electron chi connectivity index (χ3n) is 3.99. The normalized spacial score (nSPS) is 16.0. The molecule has 1 fully saturated rings. The van der Waals surface area contributed by atoms with Crippen molar-refractivity contribution >= 4 is 41.4 Å². The lowest BCUT2D eigenvalue weighted by molar-refractivity contribution is -0.137. The first-order valence-electron chi connectivity index (χ1n) is 8.10. The third kappa shape index (κ3) is 6.44. The van der Waals surface area contributed by atoms with Crippen molar-refractivity contribution in [2.24, 2.45) is 0 Å². The first-order chi connectivity index (χ1) is 12.7. The van der Waals surface area contributed by atoms with Crippen molar-refractivity contribution in [1.29, 1.82) is 0 Å². The van der Waals surface area contributed by atoms with Gasteiger partial charge in [0.15, 0.2) is 0 Å². The maximum absolute atomic E-state index is 12.7. The second kappa shape index (κ2) is 9.48. The molecule has 2 amide bonds. The molecule has 1 aromatic rings. The van der Waals surface area contributed by atoms with Crippen LogP contribution in [0.5, 0.6) is 0 Å². The van der Waals surface area contributed by atoms with Gasteiger partial charge in [-0.15, -0.1) is 0 Å². The maximum Gasteiger partial charge on any atom is 0.417 e. The fourth-order valence-electron chi connectivity index (χ4n) is 2.49. The number of hydrogen-bond donors (Lipinski definition) is 1. The van der Waals surface area contributed by atoms with Crippen LogP contribution in [0.15, 0.2) is 24.3 Å². The van der Waals surface area contributed by atoms with E-state index in [2.05, 4.69) is 9.62 Å². The Morgan fingerprint density at radius 2 is 1.93 bits per heavy atom. The van der Waals surface area contributed by atoms with Crippen LogP contribution in [0.3, 0.4) is 0 Å². The molecule has 1 aromatic carbocycles. The van der Waals surface area contributed by atoms with Gasteiger partial charge in [0, 0.05) is 32.3 Å². The molecule has 10 heteroatoms. The van der Waals surface area contributed by atoms with Gasteiger partial charge in [-0.25, -0.2) is 4.31 Å². The van der Waals surface area contributed by atoms with Gasteiger partial charge < -0.3 is 10.2 Å². The van der Waals surface area contributed by atoms with Crippen LogP contribution in [0.2, 0.25) is 5.02 Å². The summed E-state index contributed by atoms with van der Waals surface area (Å²) in [4.78, 5) is 25.6. The van der Waals surface area contributed by atoms with E-state index in [0.717, 1.165) is 31.3 Å². The molecule has 0 unspecified atom stereocenters. The first-order valence-corrected chi connectivity index (χ1v) is 9.66. The number of alkyl halides is 3. The lowest BCUT2D eigenvalue weighted by Gasteiger charge is -2.33. The zero-order chi connectivity index (χ0) is 20.0. The molecule has 27 heavy (non-hydrogen) atoms. The summed E-state index contributed by atoms with van der Waals surface area (Å²) in [6, 6.07) is 3.21. The van der Waals surface area contributed by atoms with E-state index in [1.54, 1.807) is 16.8 Å². The van der Waals surface area contributed by atoms with Gasteiger partial charge in [0.2, 0.25) is 11.8 Å². The van der Waals surface area contributed by atoms with E-state index in [1.165, 1.54) is 12.1 Å². The zero-order valence-corrected chi connectivity index (χ0v) is 16.1. The van der Waals surface area contributed by atoms with Gasteiger partial charge in [0.05, 0.1) is 17.1 Å². The molecule has 5 nitrogen and oxygen atoms in total. The van der Waals surface area contributed by atoms with E-state index in [4.69, 9.17) is 11.6 Å². The molecule has 0 atom stereocenters. The average molecular weight is 422 g/mol. The molecule has 0 aliphatic carbocycles. The van der Waals surface area contributed by atoms with Crippen LogP contribution in [0.1, 0.15) is 11.1 Å². The predicted octanol–water partition coefficient (Wildman–Crippen LogP) is 2.91. The van der Waals surface area contributed by atoms with Crippen molar-refractivity contribution < 1.29 is 22.8 Å². The second-order valence-corrected chi connectivity index (χ2v) is 7.07. The number of halogens is 4. The SMILES string of the molecule is CSN1CCN(C(=O)CNC(=O)/C=C/c2ccc(C(F)(F)F)c(Cl)c2)CC1. The van der Waals surface area contributed by atoms with Crippen LogP contribution in [-0.4, -0.2) is 60.0 Å².